The van der Waals surface area contributed by atoms with Crippen molar-refractivity contribution >= 4 is 5.78 Å². The molecule has 1 aliphatic heterocycles. The molecule has 0 aromatic rings. The average molecular weight is 276 g/mol. The van der Waals surface area contributed by atoms with Crippen molar-refractivity contribution in [1.82, 2.24) is 0 Å². The number of hydrogen-bond donors (Lipinski definition) is 1. The number of ether oxygens (including phenoxy) is 4. The minimum Gasteiger partial charge on any atom is -0.390 e. The van der Waals surface area contributed by atoms with E-state index in [-0.39, 0.29) is 18.3 Å². The Hall–Kier alpha value is -0.530. The van der Waals surface area contributed by atoms with Crippen LogP contribution in [0.15, 0.2) is 0 Å². The van der Waals surface area contributed by atoms with Gasteiger partial charge in [-0.25, -0.2) is 0 Å². The Morgan fingerprint density at radius 3 is 2.21 bits per heavy atom. The molecule has 3 atom stereocenters. The van der Waals surface area contributed by atoms with Crippen LogP contribution in [0.5, 0.6) is 0 Å². The number of ketones is 1. The molecule has 0 aliphatic carbocycles. The van der Waals surface area contributed by atoms with E-state index < -0.39 is 23.8 Å². The Bertz CT molecular complexity index is 325. The Labute approximate surface area is 114 Å². The first kappa shape index (κ1) is 16.5. The second-order valence-electron chi connectivity index (χ2n) is 5.44. The predicted octanol–water partition coefficient (Wildman–Crippen LogP) is 0.855. The van der Waals surface area contributed by atoms with Gasteiger partial charge in [0.1, 0.15) is 5.60 Å². The van der Waals surface area contributed by atoms with Crippen LogP contribution in [0.25, 0.3) is 0 Å². The molecule has 1 heterocycles. The van der Waals surface area contributed by atoms with Gasteiger partial charge >= 0.3 is 0 Å². The lowest BCUT2D eigenvalue weighted by atomic mass is 9.90. The van der Waals surface area contributed by atoms with Crippen LogP contribution in [0.3, 0.4) is 0 Å². The second-order valence-corrected chi connectivity index (χ2v) is 5.44. The van der Waals surface area contributed by atoms with Gasteiger partial charge in [0.2, 0.25) is 6.29 Å². The maximum Gasteiger partial charge on any atom is 0.217 e. The van der Waals surface area contributed by atoms with Crippen LogP contribution in [0.2, 0.25) is 0 Å². The molecule has 112 valence electrons. The van der Waals surface area contributed by atoms with Gasteiger partial charge in [0.15, 0.2) is 11.6 Å². The highest BCUT2D eigenvalue weighted by molar-refractivity contribution is 5.82. The third-order valence-electron chi connectivity index (χ3n) is 3.48. The van der Waals surface area contributed by atoms with Crippen molar-refractivity contribution in [2.45, 2.75) is 64.0 Å². The van der Waals surface area contributed by atoms with E-state index in [1.807, 2.05) is 6.92 Å². The van der Waals surface area contributed by atoms with E-state index in [2.05, 4.69) is 0 Å². The number of hydrogen-bond acceptors (Lipinski definition) is 6. The number of carbonyl (C=O) groups excluding carboxylic acids is 1. The molecule has 1 rings (SSSR count). The maximum atomic E-state index is 11.9. The summed E-state index contributed by atoms with van der Waals surface area (Å²) in [7, 11) is 2.75. The van der Waals surface area contributed by atoms with Crippen LogP contribution in [-0.2, 0) is 23.7 Å². The SMILES string of the molecule is COC(OC)C(=O)CC(O)C1(C)OC(C)(C)OC1C. The summed E-state index contributed by atoms with van der Waals surface area (Å²) < 4.78 is 21.1. The minimum absolute atomic E-state index is 0.118. The number of aliphatic hydroxyl groups excluding tert-OH is 1. The molecule has 0 aromatic carbocycles. The lowest BCUT2D eigenvalue weighted by Gasteiger charge is -2.32. The van der Waals surface area contributed by atoms with E-state index >= 15 is 0 Å². The molecule has 0 aromatic heterocycles. The Morgan fingerprint density at radius 2 is 1.84 bits per heavy atom. The average Bonchev–Trinajstić information content (AvgIpc) is 2.50. The first-order chi connectivity index (χ1) is 8.66. The number of methoxy groups -OCH3 is 2. The molecule has 1 N–H and O–H groups in total. The highest BCUT2D eigenvalue weighted by atomic mass is 16.8. The number of Topliss-reactive ketones (excluding diaryl/α,β-unsaturated/α-hetero) is 1. The topological polar surface area (TPSA) is 74.2 Å². The van der Waals surface area contributed by atoms with Crippen molar-refractivity contribution in [3.05, 3.63) is 0 Å². The van der Waals surface area contributed by atoms with Gasteiger partial charge in [-0.3, -0.25) is 4.79 Å². The number of carbonyl (C=O) groups is 1. The van der Waals surface area contributed by atoms with Gasteiger partial charge in [-0.15, -0.1) is 0 Å². The standard InChI is InChI=1S/C13H24O6/c1-8-13(4,19-12(2,3)18-8)10(15)7-9(14)11(16-5)17-6/h8,10-11,15H,7H2,1-6H3. The predicted molar refractivity (Wildman–Crippen MR) is 67.6 cm³/mol. The summed E-state index contributed by atoms with van der Waals surface area (Å²) in [5.41, 5.74) is -0.939. The van der Waals surface area contributed by atoms with Crippen molar-refractivity contribution in [2.24, 2.45) is 0 Å². The van der Waals surface area contributed by atoms with Gasteiger partial charge in [0, 0.05) is 20.6 Å². The van der Waals surface area contributed by atoms with Gasteiger partial charge in [-0.05, 0) is 27.7 Å². The van der Waals surface area contributed by atoms with Crippen molar-refractivity contribution in [1.29, 1.82) is 0 Å². The van der Waals surface area contributed by atoms with Crippen LogP contribution < -0.4 is 0 Å². The summed E-state index contributed by atoms with van der Waals surface area (Å²) in [5, 5.41) is 10.3. The van der Waals surface area contributed by atoms with Crippen LogP contribution in [0.1, 0.15) is 34.1 Å². The van der Waals surface area contributed by atoms with Crippen molar-refractivity contribution in [3.63, 3.8) is 0 Å². The molecule has 0 spiro atoms. The van der Waals surface area contributed by atoms with Crippen molar-refractivity contribution < 1.29 is 28.8 Å². The largest absolute Gasteiger partial charge is 0.390 e. The van der Waals surface area contributed by atoms with Gasteiger partial charge in [0.25, 0.3) is 0 Å². The van der Waals surface area contributed by atoms with E-state index in [1.54, 1.807) is 20.8 Å². The Morgan fingerprint density at radius 1 is 1.32 bits per heavy atom. The highest BCUT2D eigenvalue weighted by Gasteiger charge is 2.52. The maximum absolute atomic E-state index is 11.9. The highest BCUT2D eigenvalue weighted by Crippen LogP contribution is 2.39. The van der Waals surface area contributed by atoms with Crippen LogP contribution >= 0.6 is 0 Å². The summed E-state index contributed by atoms with van der Waals surface area (Å²) >= 11 is 0. The van der Waals surface area contributed by atoms with Crippen molar-refractivity contribution in [2.75, 3.05) is 14.2 Å². The van der Waals surface area contributed by atoms with Gasteiger partial charge in [-0.2, -0.15) is 0 Å². The fourth-order valence-electron chi connectivity index (χ4n) is 2.37. The third-order valence-corrected chi connectivity index (χ3v) is 3.48. The monoisotopic (exact) mass is 276 g/mol. The normalized spacial score (nSPS) is 31.7. The fourth-order valence-corrected chi connectivity index (χ4v) is 2.37. The van der Waals surface area contributed by atoms with E-state index in [0.717, 1.165) is 0 Å². The number of rotatable bonds is 6. The van der Waals surface area contributed by atoms with Crippen molar-refractivity contribution in [3.8, 4) is 0 Å². The molecule has 6 heteroatoms. The molecule has 0 bridgehead atoms. The van der Waals surface area contributed by atoms with Gasteiger partial charge in [0.05, 0.1) is 12.2 Å². The summed E-state index contributed by atoms with van der Waals surface area (Å²) in [6.07, 6.45) is -2.41. The molecular formula is C13H24O6. The first-order valence-corrected chi connectivity index (χ1v) is 6.30. The molecule has 3 unspecified atom stereocenters. The Balaban J connectivity index is 2.72. The van der Waals surface area contributed by atoms with Gasteiger partial charge < -0.3 is 24.1 Å². The Kier molecular flexibility index (Phi) is 5.08. The molecular weight excluding hydrogens is 252 g/mol. The molecule has 0 radical (unpaired) electrons. The molecule has 1 fully saturated rings. The van der Waals surface area contributed by atoms with Crippen LogP contribution in [-0.4, -0.2) is 55.0 Å². The molecule has 0 amide bonds. The molecule has 0 saturated carbocycles. The van der Waals surface area contributed by atoms with Gasteiger partial charge in [-0.1, -0.05) is 0 Å². The summed E-state index contributed by atoms with van der Waals surface area (Å²) in [6, 6.07) is 0. The lowest BCUT2D eigenvalue weighted by molar-refractivity contribution is -0.185. The zero-order chi connectivity index (χ0) is 14.8. The zero-order valence-corrected chi connectivity index (χ0v) is 12.4. The summed E-state index contributed by atoms with van der Waals surface area (Å²) in [6.45, 7) is 7.10. The van der Waals surface area contributed by atoms with E-state index in [0.29, 0.717) is 0 Å². The van der Waals surface area contributed by atoms with Crippen LogP contribution in [0, 0.1) is 0 Å². The fraction of sp³-hybridized carbons (Fsp3) is 0.923. The summed E-state index contributed by atoms with van der Waals surface area (Å²) in [5.74, 6) is -1.11. The van der Waals surface area contributed by atoms with E-state index in [9.17, 15) is 9.90 Å². The summed E-state index contributed by atoms with van der Waals surface area (Å²) in [4.78, 5) is 11.9. The molecule has 19 heavy (non-hydrogen) atoms. The first-order valence-electron chi connectivity index (χ1n) is 6.30. The smallest absolute Gasteiger partial charge is 0.217 e. The molecule has 6 nitrogen and oxygen atoms in total. The quantitative estimate of drug-likeness (QED) is 0.725. The van der Waals surface area contributed by atoms with E-state index in [1.165, 1.54) is 14.2 Å². The second kappa shape index (κ2) is 5.85. The molecule has 1 saturated heterocycles. The van der Waals surface area contributed by atoms with E-state index in [4.69, 9.17) is 18.9 Å². The lowest BCUT2D eigenvalue weighted by Crippen LogP contribution is -2.49. The molecule has 1 aliphatic rings. The zero-order valence-electron chi connectivity index (χ0n) is 12.4. The van der Waals surface area contributed by atoms with Crippen LogP contribution in [0.4, 0.5) is 0 Å². The minimum atomic E-state index is -0.996. The third kappa shape index (κ3) is 3.52. The number of aliphatic hydroxyl groups is 1.